The minimum absolute atomic E-state index is 0.101. The summed E-state index contributed by atoms with van der Waals surface area (Å²) < 4.78 is 68.9. The van der Waals surface area contributed by atoms with Gasteiger partial charge >= 0.3 is 0 Å². The predicted molar refractivity (Wildman–Crippen MR) is 198 cm³/mol. The van der Waals surface area contributed by atoms with Crippen LogP contribution in [0.3, 0.4) is 0 Å². The van der Waals surface area contributed by atoms with Crippen LogP contribution in [-0.4, -0.2) is 34.7 Å². The summed E-state index contributed by atoms with van der Waals surface area (Å²) in [5, 5.41) is 1.27. The number of Topliss-reactive ketones (excluding diaryl/α,β-unsaturated/α-hetero) is 2. The summed E-state index contributed by atoms with van der Waals surface area (Å²) >= 11 is 0. The second-order valence-corrected chi connectivity index (χ2v) is 15.0. The Kier molecular flexibility index (Phi) is 8.98. The number of nitrogens with one attached hydrogen (secondary N) is 2. The highest BCUT2D eigenvalue weighted by Crippen LogP contribution is 2.41. The summed E-state index contributed by atoms with van der Waals surface area (Å²) in [5.74, 6) is -1.27. The van der Waals surface area contributed by atoms with Crippen LogP contribution < -0.4 is 0 Å². The lowest BCUT2D eigenvalue weighted by atomic mass is 9.94. The van der Waals surface area contributed by atoms with Crippen LogP contribution in [0.25, 0.3) is 44.3 Å². The van der Waals surface area contributed by atoms with Crippen LogP contribution in [0.5, 0.6) is 0 Å². The number of carbonyl (C=O) groups is 2. The molecule has 2 fully saturated rings. The molecule has 2 N–H and O–H groups in total. The van der Waals surface area contributed by atoms with E-state index in [0.717, 1.165) is 36.8 Å². The zero-order valence-electron chi connectivity index (χ0n) is 29.6. The Morgan fingerprint density at radius 1 is 0.500 bits per heavy atom. The maximum atomic E-state index is 15.0. The molecule has 0 unspecified atom stereocenters. The number of aromatic nitrogens is 2. The number of benzene rings is 4. The van der Waals surface area contributed by atoms with Crippen LogP contribution in [0.2, 0.25) is 0 Å². The van der Waals surface area contributed by atoms with Gasteiger partial charge < -0.3 is 19.4 Å². The van der Waals surface area contributed by atoms with E-state index in [-0.39, 0.29) is 49.6 Å². The molecule has 54 heavy (non-hydrogen) atoms. The molecule has 0 bridgehead atoms. The third-order valence-corrected chi connectivity index (χ3v) is 11.7. The van der Waals surface area contributed by atoms with Crippen molar-refractivity contribution in [2.24, 2.45) is 0 Å². The van der Waals surface area contributed by atoms with E-state index >= 15 is 8.78 Å². The number of hydrogen-bond acceptors (Lipinski definition) is 4. The quantitative estimate of drug-likeness (QED) is 0.177. The maximum Gasteiger partial charge on any atom is 0.189 e. The van der Waals surface area contributed by atoms with E-state index in [1.165, 1.54) is 49.9 Å². The lowest BCUT2D eigenvalue weighted by Crippen LogP contribution is -2.06. The number of rotatable bonds is 4. The molecule has 4 heterocycles. The van der Waals surface area contributed by atoms with E-state index < -0.39 is 11.6 Å². The summed E-state index contributed by atoms with van der Waals surface area (Å²) in [6, 6.07) is 15.9. The fourth-order valence-electron chi connectivity index (χ4n) is 9.06. The van der Waals surface area contributed by atoms with Crippen LogP contribution in [0.1, 0.15) is 106 Å². The Bertz CT molecular complexity index is 2300. The van der Waals surface area contributed by atoms with Gasteiger partial charge in [-0.25, -0.2) is 17.6 Å². The molecule has 0 spiro atoms. The minimum atomic E-state index is -0.496. The third-order valence-electron chi connectivity index (χ3n) is 11.7. The first-order valence-electron chi connectivity index (χ1n) is 18.7. The zero-order chi connectivity index (χ0) is 37.1. The van der Waals surface area contributed by atoms with Gasteiger partial charge in [-0.05, 0) is 97.2 Å². The average Bonchev–Trinajstić information content (AvgIpc) is 3.96. The van der Waals surface area contributed by atoms with Crippen molar-refractivity contribution in [3.63, 3.8) is 0 Å². The van der Waals surface area contributed by atoms with Crippen molar-refractivity contribution in [3.05, 3.63) is 117 Å². The average molecular weight is 735 g/mol. The number of hydrogen-bond donors (Lipinski definition) is 2. The molecular weight excluding hydrogens is 696 g/mol. The largest absolute Gasteiger partial charge is 0.369 e. The molecule has 2 aliphatic carbocycles. The molecule has 2 saturated carbocycles. The van der Waals surface area contributed by atoms with Crippen LogP contribution in [-0.2, 0) is 22.7 Å². The number of H-pyrrole nitrogens is 2. The van der Waals surface area contributed by atoms with E-state index in [0.29, 0.717) is 78.4 Å². The van der Waals surface area contributed by atoms with Crippen LogP contribution in [0.4, 0.5) is 17.6 Å². The van der Waals surface area contributed by atoms with Gasteiger partial charge in [0.2, 0.25) is 0 Å². The van der Waals surface area contributed by atoms with Crippen molar-refractivity contribution >= 4 is 33.4 Å². The molecule has 4 aliphatic rings. The molecule has 4 aromatic carbocycles. The van der Waals surface area contributed by atoms with E-state index in [4.69, 9.17) is 9.47 Å². The lowest BCUT2D eigenvalue weighted by molar-refractivity contribution is 0.0738. The molecular formula is C44H38F4N2O4. The third kappa shape index (κ3) is 6.15. The summed E-state index contributed by atoms with van der Waals surface area (Å²) in [6.07, 6.45) is 9.20. The van der Waals surface area contributed by atoms with Gasteiger partial charge in [0.25, 0.3) is 0 Å². The molecule has 6 aromatic rings. The number of halogens is 4. The van der Waals surface area contributed by atoms with E-state index in [1.807, 2.05) is 12.1 Å². The summed E-state index contributed by atoms with van der Waals surface area (Å²) in [5.41, 5.74) is 7.02. The number of ether oxygens (including phenoxy) is 2. The highest BCUT2D eigenvalue weighted by Gasteiger charge is 2.28. The Labute approximate surface area is 308 Å². The van der Waals surface area contributed by atoms with Crippen molar-refractivity contribution < 1.29 is 36.6 Å². The summed E-state index contributed by atoms with van der Waals surface area (Å²) in [4.78, 5) is 30.8. The van der Waals surface area contributed by atoms with Crippen molar-refractivity contribution in [2.75, 3.05) is 13.2 Å². The van der Waals surface area contributed by atoms with Gasteiger partial charge in [0.15, 0.2) is 11.6 Å². The SMILES string of the molecule is O=C1COCc2c(-c3ccc(C4CCCC4)cc3F)[nH]c3cc(F)cc1c23.O=C1COCc2c(-c3ccc(C4CCCC4)cc3F)[nH]c3cc(F)cc1c23. The number of carbonyl (C=O) groups excluding carboxylic acids is 2. The normalized spacial score (nSPS) is 17.6. The lowest BCUT2D eigenvalue weighted by Gasteiger charge is -2.12. The second-order valence-electron chi connectivity index (χ2n) is 15.0. The van der Waals surface area contributed by atoms with Gasteiger partial charge in [-0.2, -0.15) is 0 Å². The van der Waals surface area contributed by atoms with E-state index in [2.05, 4.69) is 9.97 Å². The molecule has 2 aliphatic heterocycles. The van der Waals surface area contributed by atoms with Gasteiger partial charge in [0.1, 0.15) is 36.5 Å². The Hall–Kier alpha value is -5.06. The molecule has 0 amide bonds. The van der Waals surface area contributed by atoms with Gasteiger partial charge in [-0.3, -0.25) is 9.59 Å². The molecule has 2 aromatic heterocycles. The molecule has 6 nitrogen and oxygen atoms in total. The van der Waals surface area contributed by atoms with Gasteiger partial charge in [-0.1, -0.05) is 37.8 Å². The van der Waals surface area contributed by atoms with Gasteiger partial charge in [0, 0.05) is 55.2 Å². The Balaban J connectivity index is 0.000000142. The van der Waals surface area contributed by atoms with Crippen molar-refractivity contribution in [3.8, 4) is 22.5 Å². The van der Waals surface area contributed by atoms with Crippen molar-refractivity contribution in [2.45, 2.75) is 76.4 Å². The Morgan fingerprint density at radius 3 is 1.30 bits per heavy atom. The first-order chi connectivity index (χ1) is 26.2. The summed E-state index contributed by atoms with van der Waals surface area (Å²) in [7, 11) is 0. The van der Waals surface area contributed by atoms with Gasteiger partial charge in [0.05, 0.1) is 24.6 Å². The number of aromatic amines is 2. The molecule has 0 radical (unpaired) electrons. The number of ketones is 2. The molecule has 10 rings (SSSR count). The van der Waals surface area contributed by atoms with Crippen LogP contribution >= 0.6 is 0 Å². The van der Waals surface area contributed by atoms with Crippen molar-refractivity contribution in [1.82, 2.24) is 9.97 Å². The fraction of sp³-hybridized carbons (Fsp3) is 0.318. The first-order valence-corrected chi connectivity index (χ1v) is 18.7. The fourth-order valence-corrected chi connectivity index (χ4v) is 9.06. The monoisotopic (exact) mass is 734 g/mol. The second kappa shape index (κ2) is 14.0. The highest BCUT2D eigenvalue weighted by atomic mass is 19.1. The standard InChI is InChI=1S/2C22H19F2NO2/c2*23-14-8-16-20(26)11-27-10-17-21(16)19(9-14)25-22(17)15-6-5-13(7-18(15)24)12-3-1-2-4-12/h2*5-9,12,25H,1-4,10-11H2. The summed E-state index contributed by atoms with van der Waals surface area (Å²) in [6.45, 7) is 0.165. The van der Waals surface area contributed by atoms with Crippen LogP contribution in [0, 0.1) is 23.3 Å². The van der Waals surface area contributed by atoms with E-state index in [1.54, 1.807) is 24.3 Å². The molecule has 0 atom stereocenters. The zero-order valence-corrected chi connectivity index (χ0v) is 29.6. The van der Waals surface area contributed by atoms with E-state index in [9.17, 15) is 18.4 Å². The van der Waals surface area contributed by atoms with Gasteiger partial charge in [-0.15, -0.1) is 0 Å². The minimum Gasteiger partial charge on any atom is -0.369 e. The predicted octanol–water partition coefficient (Wildman–Crippen LogP) is 11.0. The Morgan fingerprint density at radius 2 is 0.907 bits per heavy atom. The topological polar surface area (TPSA) is 84.2 Å². The first kappa shape index (κ1) is 34.7. The van der Waals surface area contributed by atoms with Crippen molar-refractivity contribution in [1.29, 1.82) is 0 Å². The smallest absolute Gasteiger partial charge is 0.189 e. The molecule has 10 heteroatoms. The van der Waals surface area contributed by atoms with Crippen LogP contribution in [0.15, 0.2) is 60.7 Å². The highest BCUT2D eigenvalue weighted by molar-refractivity contribution is 6.12. The maximum absolute atomic E-state index is 15.0. The molecule has 0 saturated heterocycles. The molecule has 276 valence electrons.